The third kappa shape index (κ3) is 9.04. The SMILES string of the molecule is CN1CCC[C@H]1c1ccc[n+](CCCCCCCCCCNCC2CCc3ccc(O)cc3O2)c1.[Br-]. The molecule has 0 radical (unpaired) electrons. The highest BCUT2D eigenvalue weighted by atomic mass is 79.9. The highest BCUT2D eigenvalue weighted by molar-refractivity contribution is 5.41. The average Bonchev–Trinajstić information content (AvgIpc) is 3.30. The minimum absolute atomic E-state index is 0. The molecule has 1 unspecified atom stereocenters. The molecule has 3 heterocycles. The van der Waals surface area contributed by atoms with Crippen LogP contribution in [0, 0.1) is 0 Å². The molecule has 1 saturated heterocycles. The van der Waals surface area contributed by atoms with Crippen LogP contribution in [-0.4, -0.2) is 42.8 Å². The first-order valence-corrected chi connectivity index (χ1v) is 14.1. The van der Waals surface area contributed by atoms with E-state index >= 15 is 0 Å². The van der Waals surface area contributed by atoms with Crippen molar-refractivity contribution in [2.24, 2.45) is 0 Å². The second-order valence-corrected chi connectivity index (χ2v) is 10.6. The molecule has 4 rings (SSSR count). The lowest BCUT2D eigenvalue weighted by Gasteiger charge is -2.26. The summed E-state index contributed by atoms with van der Waals surface area (Å²) in [5, 5.41) is 13.2. The molecule has 0 saturated carbocycles. The van der Waals surface area contributed by atoms with E-state index < -0.39 is 0 Å². The van der Waals surface area contributed by atoms with E-state index in [0.717, 1.165) is 38.2 Å². The van der Waals surface area contributed by atoms with Gasteiger partial charge in [-0.2, -0.15) is 0 Å². The topological polar surface area (TPSA) is 48.6 Å². The van der Waals surface area contributed by atoms with Gasteiger partial charge in [-0.3, -0.25) is 4.90 Å². The van der Waals surface area contributed by atoms with E-state index in [4.69, 9.17) is 4.74 Å². The normalized spacial score (nSPS) is 19.5. The molecule has 200 valence electrons. The van der Waals surface area contributed by atoms with Gasteiger partial charge in [0.05, 0.1) is 0 Å². The van der Waals surface area contributed by atoms with E-state index in [1.807, 2.05) is 6.07 Å². The first kappa shape index (κ1) is 28.9. The van der Waals surface area contributed by atoms with Crippen molar-refractivity contribution in [3.63, 3.8) is 0 Å². The Kier molecular flexibility index (Phi) is 12.5. The number of aromatic hydroxyl groups is 1. The fourth-order valence-corrected chi connectivity index (χ4v) is 5.64. The largest absolute Gasteiger partial charge is 1.00 e. The fraction of sp³-hybridized carbons (Fsp3) is 0.633. The number of phenols is 1. The number of nitrogens with one attached hydrogen (secondary N) is 1. The Morgan fingerprint density at radius 3 is 2.58 bits per heavy atom. The molecular weight excluding hydrogens is 514 g/mol. The standard InChI is InChI=1S/C30H45N3O2.BrH/c1-32-19-11-13-29(32)26-12-10-21-33(24-26)20-9-7-5-3-2-4-6-8-18-31-23-28-17-15-25-14-16-27(34)22-30(25)35-28;/h10,12,14,16,21-22,24,28-29,31H,2-9,11,13,15,17-20,23H2,1H3;1H/t28?,29-;/m0./s1. The van der Waals surface area contributed by atoms with E-state index in [0.29, 0.717) is 6.04 Å². The van der Waals surface area contributed by atoms with Crippen LogP contribution in [0.25, 0.3) is 0 Å². The van der Waals surface area contributed by atoms with Crippen molar-refractivity contribution in [1.29, 1.82) is 0 Å². The van der Waals surface area contributed by atoms with Gasteiger partial charge in [0.2, 0.25) is 0 Å². The number of benzene rings is 1. The zero-order valence-corrected chi connectivity index (χ0v) is 23.7. The van der Waals surface area contributed by atoms with Crippen LogP contribution in [-0.2, 0) is 13.0 Å². The van der Waals surface area contributed by atoms with Crippen molar-refractivity contribution in [1.82, 2.24) is 10.2 Å². The summed E-state index contributed by atoms with van der Waals surface area (Å²) in [5.41, 5.74) is 2.69. The van der Waals surface area contributed by atoms with Crippen LogP contribution in [0.3, 0.4) is 0 Å². The van der Waals surface area contributed by atoms with Gasteiger partial charge in [0.25, 0.3) is 0 Å². The van der Waals surface area contributed by atoms with E-state index in [-0.39, 0.29) is 28.8 Å². The molecule has 0 bridgehead atoms. The first-order chi connectivity index (χ1) is 17.2. The van der Waals surface area contributed by atoms with Crippen LogP contribution in [0.4, 0.5) is 0 Å². The van der Waals surface area contributed by atoms with Crippen LogP contribution in [0.1, 0.15) is 87.8 Å². The average molecular weight is 561 g/mol. The van der Waals surface area contributed by atoms with Crippen molar-refractivity contribution in [2.75, 3.05) is 26.7 Å². The summed E-state index contributed by atoms with van der Waals surface area (Å²) in [7, 11) is 2.25. The lowest BCUT2D eigenvalue weighted by Crippen LogP contribution is -3.00. The molecule has 1 aromatic carbocycles. The number of nitrogens with zero attached hydrogens (tertiary/aromatic N) is 2. The van der Waals surface area contributed by atoms with E-state index in [1.165, 1.54) is 81.9 Å². The maximum atomic E-state index is 9.65. The molecular formula is C30H46BrN3O2. The van der Waals surface area contributed by atoms with Gasteiger partial charge in [-0.15, -0.1) is 0 Å². The van der Waals surface area contributed by atoms with Crippen LogP contribution in [0.2, 0.25) is 0 Å². The van der Waals surface area contributed by atoms with Gasteiger partial charge in [0.15, 0.2) is 12.4 Å². The fourth-order valence-electron chi connectivity index (χ4n) is 5.64. The molecule has 1 fully saturated rings. The molecule has 1 aromatic heterocycles. The number of pyridine rings is 1. The van der Waals surface area contributed by atoms with Crippen LogP contribution in [0.15, 0.2) is 42.7 Å². The van der Waals surface area contributed by atoms with Crippen molar-refractivity contribution >= 4 is 0 Å². The lowest BCUT2D eigenvalue weighted by atomic mass is 10.0. The van der Waals surface area contributed by atoms with Gasteiger partial charge >= 0.3 is 0 Å². The first-order valence-electron chi connectivity index (χ1n) is 14.1. The van der Waals surface area contributed by atoms with Crippen LogP contribution < -0.4 is 31.6 Å². The van der Waals surface area contributed by atoms with Gasteiger partial charge < -0.3 is 32.1 Å². The molecule has 2 aromatic rings. The Hall–Kier alpha value is -1.63. The Morgan fingerprint density at radius 1 is 1.03 bits per heavy atom. The molecule has 2 atom stereocenters. The molecule has 36 heavy (non-hydrogen) atoms. The monoisotopic (exact) mass is 559 g/mol. The molecule has 0 aliphatic carbocycles. The molecule has 0 spiro atoms. The number of likely N-dealkylation sites (tertiary alicyclic amines) is 1. The third-order valence-corrected chi connectivity index (χ3v) is 7.76. The number of halogens is 1. The Bertz CT molecular complexity index is 910. The maximum Gasteiger partial charge on any atom is 0.173 e. The van der Waals surface area contributed by atoms with Crippen LogP contribution >= 0.6 is 0 Å². The van der Waals surface area contributed by atoms with Gasteiger partial charge in [-0.25, -0.2) is 4.57 Å². The molecule has 2 aliphatic rings. The van der Waals surface area contributed by atoms with Gasteiger partial charge in [-0.05, 0) is 76.4 Å². The van der Waals surface area contributed by atoms with Gasteiger partial charge in [0, 0.05) is 36.7 Å². The lowest BCUT2D eigenvalue weighted by molar-refractivity contribution is -0.697. The zero-order chi connectivity index (χ0) is 24.3. The Morgan fingerprint density at radius 2 is 1.81 bits per heavy atom. The number of rotatable bonds is 14. The van der Waals surface area contributed by atoms with E-state index in [9.17, 15) is 5.11 Å². The van der Waals surface area contributed by atoms with Crippen molar-refractivity contribution in [3.8, 4) is 11.5 Å². The second kappa shape index (κ2) is 15.6. The highest BCUT2D eigenvalue weighted by Gasteiger charge is 2.24. The second-order valence-electron chi connectivity index (χ2n) is 10.6. The molecule has 2 aliphatic heterocycles. The van der Waals surface area contributed by atoms with Gasteiger partial charge in [0.1, 0.15) is 24.1 Å². The minimum atomic E-state index is 0. The number of aryl methyl sites for hydroxylation is 2. The quantitative estimate of drug-likeness (QED) is 0.276. The summed E-state index contributed by atoms with van der Waals surface area (Å²) < 4.78 is 8.44. The van der Waals surface area contributed by atoms with Crippen molar-refractivity contribution in [3.05, 3.63) is 53.9 Å². The number of hydrogen-bond donors (Lipinski definition) is 2. The number of ether oxygens (including phenoxy) is 1. The summed E-state index contributed by atoms with van der Waals surface area (Å²) in [6.45, 7) is 4.34. The molecule has 5 nitrogen and oxygen atoms in total. The summed E-state index contributed by atoms with van der Waals surface area (Å²) >= 11 is 0. The number of aromatic nitrogens is 1. The number of unbranched alkanes of at least 4 members (excludes halogenated alkanes) is 7. The predicted molar refractivity (Wildman–Crippen MR) is 142 cm³/mol. The van der Waals surface area contributed by atoms with Crippen LogP contribution in [0.5, 0.6) is 11.5 Å². The van der Waals surface area contributed by atoms with E-state index in [2.05, 4.69) is 46.4 Å². The highest BCUT2D eigenvalue weighted by Crippen LogP contribution is 2.31. The number of hydrogen-bond acceptors (Lipinski definition) is 4. The molecule has 2 N–H and O–H groups in total. The zero-order valence-electron chi connectivity index (χ0n) is 22.1. The maximum absolute atomic E-state index is 9.65. The Balaban J connectivity index is 0.00000361. The van der Waals surface area contributed by atoms with Crippen molar-refractivity contribution in [2.45, 2.75) is 95.7 Å². The van der Waals surface area contributed by atoms with Gasteiger partial charge in [-0.1, -0.05) is 38.2 Å². The molecule has 6 heteroatoms. The molecule has 0 amide bonds. The minimum Gasteiger partial charge on any atom is -1.00 e. The number of fused-ring (bicyclic) bond motifs is 1. The summed E-state index contributed by atoms with van der Waals surface area (Å²) in [4.78, 5) is 2.49. The summed E-state index contributed by atoms with van der Waals surface area (Å²) in [5.74, 6) is 1.14. The summed E-state index contributed by atoms with van der Waals surface area (Å²) in [6, 6.07) is 10.6. The smallest absolute Gasteiger partial charge is 0.173 e. The van der Waals surface area contributed by atoms with E-state index in [1.54, 1.807) is 12.1 Å². The Labute approximate surface area is 229 Å². The predicted octanol–water partition coefficient (Wildman–Crippen LogP) is 2.55. The number of phenolic OH excluding ortho intramolecular Hbond substituents is 1. The van der Waals surface area contributed by atoms with Crippen molar-refractivity contribution < 1.29 is 31.4 Å². The summed E-state index contributed by atoms with van der Waals surface area (Å²) in [6.07, 6.45) is 20.1. The third-order valence-electron chi connectivity index (χ3n) is 7.76.